The molecule has 1 fully saturated rings. The Kier molecular flexibility index (Phi) is 5.92. The molecule has 2 heterocycles. The second-order valence-corrected chi connectivity index (χ2v) is 5.90. The van der Waals surface area contributed by atoms with Crippen molar-refractivity contribution in [3.63, 3.8) is 0 Å². The minimum atomic E-state index is -0.521. The SMILES string of the molecule is CCC(C)NC(=O)CN1CCN(c2ccnc(C(N)=O)c2)CC1. The Morgan fingerprint density at radius 3 is 2.65 bits per heavy atom. The van der Waals surface area contributed by atoms with Crippen molar-refractivity contribution < 1.29 is 9.59 Å². The minimum absolute atomic E-state index is 0.0766. The fourth-order valence-corrected chi connectivity index (χ4v) is 2.54. The third-order valence-electron chi connectivity index (χ3n) is 4.12. The first-order valence-electron chi connectivity index (χ1n) is 8.02. The van der Waals surface area contributed by atoms with E-state index in [0.717, 1.165) is 38.3 Å². The van der Waals surface area contributed by atoms with Crippen LogP contribution in [0.1, 0.15) is 30.8 Å². The number of carbonyl (C=O) groups excluding carboxylic acids is 2. The summed E-state index contributed by atoms with van der Waals surface area (Å²) in [6.45, 7) is 7.72. The van der Waals surface area contributed by atoms with Gasteiger partial charge in [0, 0.05) is 44.1 Å². The van der Waals surface area contributed by atoms with Gasteiger partial charge in [0.05, 0.1) is 6.54 Å². The molecule has 0 bridgehead atoms. The van der Waals surface area contributed by atoms with Gasteiger partial charge in [0.15, 0.2) is 0 Å². The van der Waals surface area contributed by atoms with Crippen LogP contribution in [0.15, 0.2) is 18.3 Å². The van der Waals surface area contributed by atoms with Crippen LogP contribution in [0.2, 0.25) is 0 Å². The lowest BCUT2D eigenvalue weighted by Crippen LogP contribution is -2.50. The fraction of sp³-hybridized carbons (Fsp3) is 0.562. The van der Waals surface area contributed by atoms with Crippen LogP contribution >= 0.6 is 0 Å². The summed E-state index contributed by atoms with van der Waals surface area (Å²) in [6, 6.07) is 3.80. The zero-order chi connectivity index (χ0) is 16.8. The maximum atomic E-state index is 11.9. The van der Waals surface area contributed by atoms with Crippen molar-refractivity contribution in [1.82, 2.24) is 15.2 Å². The molecule has 1 aliphatic rings. The largest absolute Gasteiger partial charge is 0.369 e. The first kappa shape index (κ1) is 17.2. The quantitative estimate of drug-likeness (QED) is 0.782. The Bertz CT molecular complexity index is 555. The minimum Gasteiger partial charge on any atom is -0.369 e. The molecule has 7 heteroatoms. The Balaban J connectivity index is 1.85. The summed E-state index contributed by atoms with van der Waals surface area (Å²) in [6.07, 6.45) is 2.53. The maximum absolute atomic E-state index is 11.9. The Morgan fingerprint density at radius 1 is 1.35 bits per heavy atom. The molecule has 126 valence electrons. The molecule has 2 rings (SSSR count). The van der Waals surface area contributed by atoms with Gasteiger partial charge in [-0.1, -0.05) is 6.92 Å². The monoisotopic (exact) mass is 319 g/mol. The lowest BCUT2D eigenvalue weighted by atomic mass is 10.2. The number of hydrogen-bond donors (Lipinski definition) is 2. The molecule has 0 aliphatic carbocycles. The molecule has 0 saturated carbocycles. The zero-order valence-electron chi connectivity index (χ0n) is 13.8. The highest BCUT2D eigenvalue weighted by molar-refractivity contribution is 5.91. The van der Waals surface area contributed by atoms with E-state index in [0.29, 0.717) is 6.54 Å². The summed E-state index contributed by atoms with van der Waals surface area (Å²) >= 11 is 0. The highest BCUT2D eigenvalue weighted by Gasteiger charge is 2.20. The zero-order valence-corrected chi connectivity index (χ0v) is 13.8. The number of nitrogens with one attached hydrogen (secondary N) is 1. The third-order valence-corrected chi connectivity index (χ3v) is 4.12. The normalized spacial score (nSPS) is 16.9. The van der Waals surface area contributed by atoms with E-state index in [1.807, 2.05) is 13.0 Å². The van der Waals surface area contributed by atoms with Crippen LogP contribution in [0.5, 0.6) is 0 Å². The maximum Gasteiger partial charge on any atom is 0.267 e. The average Bonchev–Trinajstić information content (AvgIpc) is 2.55. The van der Waals surface area contributed by atoms with Crippen molar-refractivity contribution in [2.75, 3.05) is 37.6 Å². The summed E-state index contributed by atoms with van der Waals surface area (Å²) in [7, 11) is 0. The third kappa shape index (κ3) is 4.92. The van der Waals surface area contributed by atoms with Gasteiger partial charge in [-0.2, -0.15) is 0 Å². The Labute approximate surface area is 136 Å². The predicted octanol–water partition coefficient (Wildman–Crippen LogP) is 0.217. The number of carbonyl (C=O) groups is 2. The molecule has 1 unspecified atom stereocenters. The first-order chi connectivity index (χ1) is 11.0. The second-order valence-electron chi connectivity index (χ2n) is 5.90. The highest BCUT2D eigenvalue weighted by atomic mass is 16.2. The van der Waals surface area contributed by atoms with Crippen LogP contribution < -0.4 is 16.0 Å². The van der Waals surface area contributed by atoms with E-state index >= 15 is 0 Å². The lowest BCUT2D eigenvalue weighted by Gasteiger charge is -2.35. The van der Waals surface area contributed by atoms with Crippen molar-refractivity contribution >= 4 is 17.5 Å². The number of aromatic nitrogens is 1. The van der Waals surface area contributed by atoms with Gasteiger partial charge in [-0.25, -0.2) is 0 Å². The van der Waals surface area contributed by atoms with Crippen molar-refractivity contribution in [3.05, 3.63) is 24.0 Å². The van der Waals surface area contributed by atoms with Crippen LogP contribution in [0.4, 0.5) is 5.69 Å². The van der Waals surface area contributed by atoms with Gasteiger partial charge in [0.1, 0.15) is 5.69 Å². The average molecular weight is 319 g/mol. The number of rotatable bonds is 6. The van der Waals surface area contributed by atoms with Crippen molar-refractivity contribution in [3.8, 4) is 0 Å². The van der Waals surface area contributed by atoms with Gasteiger partial charge in [-0.05, 0) is 25.5 Å². The Hall–Kier alpha value is -2.15. The predicted molar refractivity (Wildman–Crippen MR) is 89.3 cm³/mol. The van der Waals surface area contributed by atoms with Gasteiger partial charge in [0.25, 0.3) is 5.91 Å². The molecule has 1 aliphatic heterocycles. The van der Waals surface area contributed by atoms with Gasteiger partial charge in [-0.15, -0.1) is 0 Å². The summed E-state index contributed by atoms with van der Waals surface area (Å²) in [5.41, 5.74) is 6.49. The van der Waals surface area contributed by atoms with E-state index < -0.39 is 5.91 Å². The molecule has 3 N–H and O–H groups in total. The molecule has 2 amide bonds. The van der Waals surface area contributed by atoms with E-state index in [-0.39, 0.29) is 17.6 Å². The number of primary amides is 1. The Morgan fingerprint density at radius 2 is 2.04 bits per heavy atom. The molecule has 1 aromatic heterocycles. The molecule has 7 nitrogen and oxygen atoms in total. The van der Waals surface area contributed by atoms with Gasteiger partial charge < -0.3 is 16.0 Å². The fourth-order valence-electron chi connectivity index (χ4n) is 2.54. The molecule has 1 aromatic rings. The first-order valence-corrected chi connectivity index (χ1v) is 8.02. The van der Waals surface area contributed by atoms with Crippen LogP contribution in [0.3, 0.4) is 0 Å². The second kappa shape index (κ2) is 7.92. The van der Waals surface area contributed by atoms with Crippen LogP contribution in [-0.4, -0.2) is 60.5 Å². The summed E-state index contributed by atoms with van der Waals surface area (Å²) in [5.74, 6) is -0.445. The highest BCUT2D eigenvalue weighted by Crippen LogP contribution is 2.16. The molecule has 23 heavy (non-hydrogen) atoms. The molecule has 0 radical (unpaired) electrons. The number of piperazine rings is 1. The number of anilines is 1. The van der Waals surface area contributed by atoms with E-state index in [1.54, 1.807) is 12.3 Å². The van der Waals surface area contributed by atoms with Crippen molar-refractivity contribution in [1.29, 1.82) is 0 Å². The molecule has 1 saturated heterocycles. The van der Waals surface area contributed by atoms with Crippen molar-refractivity contribution in [2.45, 2.75) is 26.3 Å². The van der Waals surface area contributed by atoms with E-state index in [4.69, 9.17) is 5.73 Å². The van der Waals surface area contributed by atoms with Gasteiger partial charge >= 0.3 is 0 Å². The van der Waals surface area contributed by atoms with Crippen LogP contribution in [0.25, 0.3) is 0 Å². The number of nitrogens with two attached hydrogens (primary N) is 1. The van der Waals surface area contributed by atoms with Crippen molar-refractivity contribution in [2.24, 2.45) is 5.73 Å². The number of pyridine rings is 1. The molecular formula is C16H25N5O2. The molecule has 0 aromatic carbocycles. The smallest absolute Gasteiger partial charge is 0.267 e. The van der Waals surface area contributed by atoms with E-state index in [2.05, 4.69) is 27.0 Å². The summed E-state index contributed by atoms with van der Waals surface area (Å²) in [5, 5.41) is 2.99. The summed E-state index contributed by atoms with van der Waals surface area (Å²) in [4.78, 5) is 31.4. The molecule has 0 spiro atoms. The number of hydrogen-bond acceptors (Lipinski definition) is 5. The summed E-state index contributed by atoms with van der Waals surface area (Å²) < 4.78 is 0. The molecular weight excluding hydrogens is 294 g/mol. The molecule has 1 atom stereocenters. The van der Waals surface area contributed by atoms with Crippen LogP contribution in [-0.2, 0) is 4.79 Å². The number of nitrogens with zero attached hydrogens (tertiary/aromatic N) is 3. The standard InChI is InChI=1S/C16H25N5O2/c1-3-12(2)19-15(22)11-20-6-8-21(9-7-20)13-4-5-18-14(10-13)16(17)23/h4-5,10,12H,3,6-9,11H2,1-2H3,(H2,17,23)(H,19,22). The van der Waals surface area contributed by atoms with Gasteiger partial charge in [-0.3, -0.25) is 19.5 Å². The van der Waals surface area contributed by atoms with Gasteiger partial charge in [0.2, 0.25) is 5.91 Å². The van der Waals surface area contributed by atoms with E-state index in [1.165, 1.54) is 0 Å². The lowest BCUT2D eigenvalue weighted by molar-refractivity contribution is -0.122. The van der Waals surface area contributed by atoms with Crippen LogP contribution in [0, 0.1) is 0 Å². The topological polar surface area (TPSA) is 91.6 Å². The van der Waals surface area contributed by atoms with E-state index in [9.17, 15) is 9.59 Å². The number of amides is 2.